The van der Waals surface area contributed by atoms with E-state index >= 15 is 0 Å². The molecule has 0 aliphatic carbocycles. The van der Waals surface area contributed by atoms with E-state index < -0.39 is 0 Å². The van der Waals surface area contributed by atoms with Crippen molar-refractivity contribution in [3.8, 4) is 0 Å². The van der Waals surface area contributed by atoms with E-state index in [1.165, 1.54) is 96.4 Å². The molecule has 0 aromatic carbocycles. The number of hydrogen-bond donors (Lipinski definition) is 0. The first kappa shape index (κ1) is 32.3. The highest BCUT2D eigenvalue weighted by molar-refractivity contribution is 8.93. The Morgan fingerprint density at radius 3 is 1.36 bits per heavy atom. The molecular weight excluding hydrogens is 414 g/mol. The predicted molar refractivity (Wildman–Crippen MR) is 131 cm³/mol. The third-order valence-corrected chi connectivity index (χ3v) is 4.58. The fraction of sp³-hybridized carbons (Fsp3) is 0.875. The van der Waals surface area contributed by atoms with E-state index in [1.807, 2.05) is 0 Å². The Morgan fingerprint density at radius 1 is 0.750 bits per heavy atom. The van der Waals surface area contributed by atoms with Gasteiger partial charge in [0.1, 0.15) is 0 Å². The number of esters is 1. The van der Waals surface area contributed by atoms with Crippen molar-refractivity contribution in [1.29, 1.82) is 0 Å². The molecule has 3 nitrogen and oxygen atoms in total. The van der Waals surface area contributed by atoms with Crippen LogP contribution in [0.1, 0.15) is 111 Å². The molecule has 4 heteroatoms. The van der Waals surface area contributed by atoms with Crippen LogP contribution in [-0.2, 0) is 9.53 Å². The summed E-state index contributed by atoms with van der Waals surface area (Å²) in [5.41, 5.74) is 0.451. The highest BCUT2D eigenvalue weighted by Gasteiger charge is 1.98. The van der Waals surface area contributed by atoms with Crippen LogP contribution in [0.5, 0.6) is 0 Å². The summed E-state index contributed by atoms with van der Waals surface area (Å²) in [6, 6.07) is 0. The molecule has 170 valence electrons. The zero-order chi connectivity index (χ0) is 20.8. The van der Waals surface area contributed by atoms with Crippen molar-refractivity contribution < 1.29 is 9.53 Å². The van der Waals surface area contributed by atoms with Gasteiger partial charge in [-0.15, -0.1) is 17.0 Å². The number of carbonyl (C=O) groups is 1. The van der Waals surface area contributed by atoms with Gasteiger partial charge in [0.15, 0.2) is 0 Å². The number of halogens is 1. The van der Waals surface area contributed by atoms with E-state index in [2.05, 4.69) is 37.2 Å². The van der Waals surface area contributed by atoms with Crippen LogP contribution in [-0.4, -0.2) is 38.1 Å². The Balaban J connectivity index is -0.000000587. The number of carbonyl (C=O) groups excluding carboxylic acids is 1. The third-order valence-electron chi connectivity index (χ3n) is 4.58. The van der Waals surface area contributed by atoms with Crippen molar-refractivity contribution in [3.63, 3.8) is 0 Å². The van der Waals surface area contributed by atoms with E-state index in [4.69, 9.17) is 0 Å². The Kier molecular flexibility index (Phi) is 30.8. The molecule has 0 saturated carbocycles. The lowest BCUT2D eigenvalue weighted by atomic mass is 10.0. The van der Waals surface area contributed by atoms with Gasteiger partial charge >= 0.3 is 5.97 Å². The van der Waals surface area contributed by atoms with E-state index in [9.17, 15) is 4.79 Å². The number of unbranched alkanes of at least 4 members (excludes halogenated alkanes) is 13. The minimum atomic E-state index is -0.312. The molecule has 0 spiro atoms. The first-order valence-corrected chi connectivity index (χ1v) is 11.4. The van der Waals surface area contributed by atoms with Gasteiger partial charge in [0.2, 0.25) is 0 Å². The van der Waals surface area contributed by atoms with Gasteiger partial charge in [-0.25, -0.2) is 4.79 Å². The van der Waals surface area contributed by atoms with Crippen LogP contribution >= 0.6 is 17.0 Å². The first-order valence-electron chi connectivity index (χ1n) is 11.4. The predicted octanol–water partition coefficient (Wildman–Crippen LogP) is 7.73. The highest BCUT2D eigenvalue weighted by atomic mass is 79.9. The molecule has 0 saturated heterocycles. The van der Waals surface area contributed by atoms with E-state index in [0.717, 1.165) is 0 Å². The highest BCUT2D eigenvalue weighted by Crippen LogP contribution is 2.12. The molecule has 0 aliphatic rings. The summed E-state index contributed by atoms with van der Waals surface area (Å²) in [4.78, 5) is 12.7. The Labute approximate surface area is 187 Å². The molecule has 0 bridgehead atoms. The van der Waals surface area contributed by atoms with Gasteiger partial charge in [0.05, 0.1) is 6.61 Å². The molecule has 0 rings (SSSR count). The number of nitrogens with zero attached hydrogens (tertiary/aromatic N) is 1. The second-order valence-corrected chi connectivity index (χ2v) is 7.90. The summed E-state index contributed by atoms with van der Waals surface area (Å²) < 4.78 is 4.56. The van der Waals surface area contributed by atoms with Gasteiger partial charge < -0.3 is 9.64 Å². The van der Waals surface area contributed by atoms with Crippen molar-refractivity contribution in [3.05, 3.63) is 12.2 Å². The second kappa shape index (κ2) is 26.6. The first-order chi connectivity index (χ1) is 13.0. The summed E-state index contributed by atoms with van der Waals surface area (Å²) in [6.07, 6.45) is 20.3. The van der Waals surface area contributed by atoms with E-state index in [-0.39, 0.29) is 23.0 Å². The lowest BCUT2D eigenvalue weighted by Crippen LogP contribution is -2.12. The van der Waals surface area contributed by atoms with Gasteiger partial charge in [-0.05, 0) is 40.9 Å². The standard InChI is InChI=1S/C18H39N.C6H10O2.BrH/c1-4-5-6-7-8-9-10-11-12-13-14-15-16-17-18-19(2)3;1-4-8-6(7)5(2)3;/h4-18H2,1-3H3;2,4H2,1,3H3;1H. The van der Waals surface area contributed by atoms with Crippen molar-refractivity contribution in [1.82, 2.24) is 4.90 Å². The molecule has 0 radical (unpaired) electrons. The lowest BCUT2D eigenvalue weighted by Gasteiger charge is -2.08. The lowest BCUT2D eigenvalue weighted by molar-refractivity contribution is -0.138. The minimum absolute atomic E-state index is 0. The van der Waals surface area contributed by atoms with Gasteiger partial charge in [0.25, 0.3) is 0 Å². The van der Waals surface area contributed by atoms with Gasteiger partial charge in [-0.2, -0.15) is 0 Å². The van der Waals surface area contributed by atoms with Crippen LogP contribution in [0, 0.1) is 0 Å². The van der Waals surface area contributed by atoms with E-state index in [1.54, 1.807) is 13.8 Å². The largest absolute Gasteiger partial charge is 0.463 e. The maximum Gasteiger partial charge on any atom is 0.333 e. The Morgan fingerprint density at radius 2 is 1.11 bits per heavy atom. The monoisotopic (exact) mass is 463 g/mol. The van der Waals surface area contributed by atoms with Crippen molar-refractivity contribution in [2.24, 2.45) is 0 Å². The third kappa shape index (κ3) is 30.4. The summed E-state index contributed by atoms with van der Waals surface area (Å²) >= 11 is 0. The van der Waals surface area contributed by atoms with Gasteiger partial charge in [-0.1, -0.05) is 97.0 Å². The number of rotatable bonds is 17. The van der Waals surface area contributed by atoms with Gasteiger partial charge in [0, 0.05) is 5.57 Å². The van der Waals surface area contributed by atoms with Crippen LogP contribution in [0.3, 0.4) is 0 Å². The van der Waals surface area contributed by atoms with Crippen LogP contribution in [0.2, 0.25) is 0 Å². The quantitative estimate of drug-likeness (QED) is 0.125. The molecule has 0 atom stereocenters. The minimum Gasteiger partial charge on any atom is -0.463 e. The summed E-state index contributed by atoms with van der Waals surface area (Å²) in [5, 5.41) is 0. The average Bonchev–Trinajstić information content (AvgIpc) is 2.62. The van der Waals surface area contributed by atoms with Crippen LogP contribution in [0.4, 0.5) is 0 Å². The molecule has 0 unspecified atom stereocenters. The fourth-order valence-corrected chi connectivity index (χ4v) is 2.88. The van der Waals surface area contributed by atoms with Crippen molar-refractivity contribution >= 4 is 23.0 Å². The van der Waals surface area contributed by atoms with Crippen LogP contribution in [0.25, 0.3) is 0 Å². The van der Waals surface area contributed by atoms with Crippen LogP contribution in [0.15, 0.2) is 12.2 Å². The summed E-state index contributed by atoms with van der Waals surface area (Å²) in [6.45, 7) is 10.8. The zero-order valence-electron chi connectivity index (χ0n) is 19.7. The normalized spacial score (nSPS) is 10.1. The second-order valence-electron chi connectivity index (χ2n) is 7.90. The smallest absolute Gasteiger partial charge is 0.333 e. The molecule has 0 amide bonds. The molecule has 28 heavy (non-hydrogen) atoms. The number of hydrogen-bond acceptors (Lipinski definition) is 3. The number of ether oxygens (including phenoxy) is 1. The maximum atomic E-state index is 10.4. The maximum absolute atomic E-state index is 10.4. The summed E-state index contributed by atoms with van der Waals surface area (Å²) in [5.74, 6) is -0.312. The molecular formula is C24H50BrNO2. The molecule has 0 aliphatic heterocycles. The average molecular weight is 465 g/mol. The topological polar surface area (TPSA) is 29.5 Å². The molecule has 0 N–H and O–H groups in total. The summed E-state index contributed by atoms with van der Waals surface area (Å²) in [7, 11) is 4.34. The van der Waals surface area contributed by atoms with Crippen LogP contribution < -0.4 is 0 Å². The van der Waals surface area contributed by atoms with E-state index in [0.29, 0.717) is 12.2 Å². The Bertz CT molecular complexity index is 333. The SMILES string of the molecule is Br.C=C(C)C(=O)OCC.CCCCCCCCCCCCCCCCN(C)C. The molecule has 0 aromatic heterocycles. The zero-order valence-corrected chi connectivity index (χ0v) is 21.4. The molecule has 0 heterocycles. The molecule has 0 aromatic rings. The van der Waals surface area contributed by atoms with Crippen molar-refractivity contribution in [2.75, 3.05) is 27.2 Å². The van der Waals surface area contributed by atoms with Crippen molar-refractivity contribution in [2.45, 2.75) is 111 Å². The fourth-order valence-electron chi connectivity index (χ4n) is 2.88. The molecule has 0 fully saturated rings. The Hall–Kier alpha value is -0.350. The van der Waals surface area contributed by atoms with Gasteiger partial charge in [-0.3, -0.25) is 0 Å².